The number of nitrogens with two attached hydrogens (primary N) is 1. The number of aliphatic imine (C=N–C) groups is 1. The van der Waals surface area contributed by atoms with E-state index in [1.807, 2.05) is 6.20 Å². The number of pyridine rings is 1. The highest BCUT2D eigenvalue weighted by Crippen LogP contribution is 2.16. The maximum absolute atomic E-state index is 6.09. The number of ether oxygens (including phenoxy) is 1. The highest BCUT2D eigenvalue weighted by molar-refractivity contribution is 5.78. The predicted molar refractivity (Wildman–Crippen MR) is 92.6 cm³/mol. The van der Waals surface area contributed by atoms with E-state index in [0.717, 1.165) is 44.2 Å². The molecular formula is C17H27N5O. The van der Waals surface area contributed by atoms with Crippen LogP contribution in [0.25, 0.3) is 0 Å². The Hall–Kier alpha value is -1.82. The molecule has 2 saturated heterocycles. The summed E-state index contributed by atoms with van der Waals surface area (Å²) >= 11 is 0. The minimum Gasteiger partial charge on any atom is -0.375 e. The zero-order chi connectivity index (χ0) is 16.1. The van der Waals surface area contributed by atoms with Gasteiger partial charge in [-0.1, -0.05) is 6.07 Å². The molecule has 0 radical (unpaired) electrons. The lowest BCUT2D eigenvalue weighted by molar-refractivity contribution is 0.0529. The number of hydrogen-bond acceptors (Lipinski definition) is 4. The standard InChI is InChI=1S/C17H27N5O/c1-14-13-22(9-10-23-14)16-6-5-15(11-19-16)12-20-17(18)21-7-3-2-4-8-21/h5-6,11,14H,2-4,7-10,12-13H2,1H3,(H2,18,20). The molecule has 2 N–H and O–H groups in total. The molecule has 126 valence electrons. The van der Waals surface area contributed by atoms with Gasteiger partial charge in [0, 0.05) is 32.4 Å². The second-order valence-corrected chi connectivity index (χ2v) is 6.37. The average Bonchev–Trinajstić information content (AvgIpc) is 2.61. The second-order valence-electron chi connectivity index (χ2n) is 6.37. The third-order valence-corrected chi connectivity index (χ3v) is 4.48. The fourth-order valence-corrected chi connectivity index (χ4v) is 3.12. The van der Waals surface area contributed by atoms with E-state index in [-0.39, 0.29) is 6.10 Å². The Morgan fingerprint density at radius 1 is 1.30 bits per heavy atom. The van der Waals surface area contributed by atoms with Gasteiger partial charge in [-0.25, -0.2) is 9.98 Å². The summed E-state index contributed by atoms with van der Waals surface area (Å²) in [6.45, 7) is 7.31. The zero-order valence-corrected chi connectivity index (χ0v) is 13.9. The summed E-state index contributed by atoms with van der Waals surface area (Å²) in [7, 11) is 0. The van der Waals surface area contributed by atoms with Crippen molar-refractivity contribution in [2.24, 2.45) is 10.7 Å². The highest BCUT2D eigenvalue weighted by atomic mass is 16.5. The first-order chi connectivity index (χ1) is 11.2. The molecule has 6 nitrogen and oxygen atoms in total. The Bertz CT molecular complexity index is 524. The van der Waals surface area contributed by atoms with Crippen LogP contribution in [0.5, 0.6) is 0 Å². The molecule has 0 aromatic carbocycles. The molecule has 0 bridgehead atoms. The number of likely N-dealkylation sites (tertiary alicyclic amines) is 1. The first kappa shape index (κ1) is 16.1. The molecule has 2 aliphatic heterocycles. The molecule has 2 aliphatic rings. The molecule has 0 spiro atoms. The molecule has 3 heterocycles. The van der Waals surface area contributed by atoms with Gasteiger partial charge in [0.05, 0.1) is 19.3 Å². The van der Waals surface area contributed by atoms with Gasteiger partial charge in [-0.3, -0.25) is 0 Å². The normalized spacial score (nSPS) is 23.2. The van der Waals surface area contributed by atoms with Crippen molar-refractivity contribution in [2.75, 3.05) is 37.7 Å². The van der Waals surface area contributed by atoms with E-state index >= 15 is 0 Å². The molecule has 3 rings (SSSR count). The monoisotopic (exact) mass is 317 g/mol. The van der Waals surface area contributed by atoms with Gasteiger partial charge >= 0.3 is 0 Å². The van der Waals surface area contributed by atoms with Gasteiger partial charge in [0.1, 0.15) is 5.82 Å². The molecule has 1 atom stereocenters. The molecule has 2 fully saturated rings. The van der Waals surface area contributed by atoms with Gasteiger partial charge in [-0.05, 0) is 37.8 Å². The van der Waals surface area contributed by atoms with Crippen LogP contribution in [-0.2, 0) is 11.3 Å². The number of guanidine groups is 1. The summed E-state index contributed by atoms with van der Waals surface area (Å²) in [5.74, 6) is 1.67. The van der Waals surface area contributed by atoms with Crippen molar-refractivity contribution in [1.29, 1.82) is 0 Å². The van der Waals surface area contributed by atoms with E-state index in [9.17, 15) is 0 Å². The Balaban J connectivity index is 1.56. The van der Waals surface area contributed by atoms with Crippen molar-refractivity contribution < 1.29 is 4.74 Å². The van der Waals surface area contributed by atoms with Crippen LogP contribution in [0.4, 0.5) is 5.82 Å². The summed E-state index contributed by atoms with van der Waals surface area (Å²) in [4.78, 5) is 13.5. The maximum atomic E-state index is 6.09. The van der Waals surface area contributed by atoms with Crippen LogP contribution < -0.4 is 10.6 Å². The lowest BCUT2D eigenvalue weighted by Gasteiger charge is -2.32. The van der Waals surface area contributed by atoms with Crippen molar-refractivity contribution in [3.05, 3.63) is 23.9 Å². The fraction of sp³-hybridized carbons (Fsp3) is 0.647. The molecule has 1 aromatic heterocycles. The highest BCUT2D eigenvalue weighted by Gasteiger charge is 2.17. The quantitative estimate of drug-likeness (QED) is 0.677. The summed E-state index contributed by atoms with van der Waals surface area (Å²) < 4.78 is 5.57. The number of rotatable bonds is 3. The number of aromatic nitrogens is 1. The third kappa shape index (κ3) is 4.34. The van der Waals surface area contributed by atoms with E-state index in [1.165, 1.54) is 19.3 Å². The van der Waals surface area contributed by atoms with Gasteiger partial charge in [-0.2, -0.15) is 0 Å². The smallest absolute Gasteiger partial charge is 0.191 e. The number of anilines is 1. The first-order valence-electron chi connectivity index (χ1n) is 8.59. The number of nitrogens with zero attached hydrogens (tertiary/aromatic N) is 4. The van der Waals surface area contributed by atoms with Gasteiger partial charge < -0.3 is 20.3 Å². The van der Waals surface area contributed by atoms with Gasteiger partial charge in [0.25, 0.3) is 0 Å². The van der Waals surface area contributed by atoms with Crippen molar-refractivity contribution in [3.63, 3.8) is 0 Å². The van der Waals surface area contributed by atoms with Crippen LogP contribution in [0.2, 0.25) is 0 Å². The Morgan fingerprint density at radius 2 is 2.13 bits per heavy atom. The lowest BCUT2D eigenvalue weighted by Crippen LogP contribution is -2.41. The summed E-state index contributed by atoms with van der Waals surface area (Å²) in [6.07, 6.45) is 5.89. The Labute approximate surface area is 138 Å². The molecule has 23 heavy (non-hydrogen) atoms. The molecule has 1 aromatic rings. The van der Waals surface area contributed by atoms with E-state index in [2.05, 4.69) is 38.8 Å². The Kier molecular flexibility index (Phi) is 5.33. The zero-order valence-electron chi connectivity index (χ0n) is 13.9. The maximum Gasteiger partial charge on any atom is 0.191 e. The molecule has 1 unspecified atom stereocenters. The van der Waals surface area contributed by atoms with E-state index in [1.54, 1.807) is 0 Å². The van der Waals surface area contributed by atoms with Gasteiger partial charge in [0.2, 0.25) is 0 Å². The topological polar surface area (TPSA) is 67.0 Å². The predicted octanol–water partition coefficient (Wildman–Crippen LogP) is 1.61. The third-order valence-electron chi connectivity index (χ3n) is 4.48. The summed E-state index contributed by atoms with van der Waals surface area (Å²) in [5.41, 5.74) is 7.18. The van der Waals surface area contributed by atoms with Crippen LogP contribution >= 0.6 is 0 Å². The molecule has 0 amide bonds. The number of piperidine rings is 1. The fourth-order valence-electron chi connectivity index (χ4n) is 3.12. The van der Waals surface area contributed by atoms with Crippen LogP contribution in [0.3, 0.4) is 0 Å². The SMILES string of the molecule is CC1CN(c2ccc(CN=C(N)N3CCCCC3)cn2)CCO1. The molecular weight excluding hydrogens is 290 g/mol. The van der Waals surface area contributed by atoms with Crippen molar-refractivity contribution in [3.8, 4) is 0 Å². The summed E-state index contributed by atoms with van der Waals surface area (Å²) in [6, 6.07) is 4.16. The minimum absolute atomic E-state index is 0.263. The average molecular weight is 317 g/mol. The van der Waals surface area contributed by atoms with E-state index in [4.69, 9.17) is 10.5 Å². The van der Waals surface area contributed by atoms with E-state index < -0.39 is 0 Å². The van der Waals surface area contributed by atoms with Crippen LogP contribution in [0, 0.1) is 0 Å². The van der Waals surface area contributed by atoms with Crippen LogP contribution in [-0.4, -0.2) is 54.7 Å². The lowest BCUT2D eigenvalue weighted by atomic mass is 10.1. The largest absolute Gasteiger partial charge is 0.375 e. The first-order valence-corrected chi connectivity index (χ1v) is 8.59. The second kappa shape index (κ2) is 7.64. The van der Waals surface area contributed by atoms with Gasteiger partial charge in [0.15, 0.2) is 5.96 Å². The number of morpholine rings is 1. The van der Waals surface area contributed by atoms with Crippen LogP contribution in [0.15, 0.2) is 23.3 Å². The Morgan fingerprint density at radius 3 is 2.83 bits per heavy atom. The summed E-state index contributed by atoms with van der Waals surface area (Å²) in [5, 5.41) is 0. The van der Waals surface area contributed by atoms with Crippen molar-refractivity contribution >= 4 is 11.8 Å². The minimum atomic E-state index is 0.263. The molecule has 0 aliphatic carbocycles. The van der Waals surface area contributed by atoms with E-state index in [0.29, 0.717) is 12.5 Å². The van der Waals surface area contributed by atoms with Crippen molar-refractivity contribution in [2.45, 2.75) is 38.8 Å². The van der Waals surface area contributed by atoms with Crippen molar-refractivity contribution in [1.82, 2.24) is 9.88 Å². The van der Waals surface area contributed by atoms with Crippen LogP contribution in [0.1, 0.15) is 31.7 Å². The molecule has 6 heteroatoms. The van der Waals surface area contributed by atoms with Gasteiger partial charge in [-0.15, -0.1) is 0 Å². The molecule has 0 saturated carbocycles. The number of hydrogen-bond donors (Lipinski definition) is 1.